The molecule has 0 heterocycles. The summed E-state index contributed by atoms with van der Waals surface area (Å²) in [7, 11) is 0. The third-order valence-corrected chi connectivity index (χ3v) is 4.17. The van der Waals surface area contributed by atoms with E-state index in [1.165, 1.54) is 12.1 Å². The molecule has 0 aliphatic heterocycles. The van der Waals surface area contributed by atoms with Gasteiger partial charge in [-0.15, -0.1) is 0 Å². The second-order valence-electron chi connectivity index (χ2n) is 5.50. The van der Waals surface area contributed by atoms with Crippen molar-refractivity contribution in [1.82, 2.24) is 0 Å². The molecule has 3 nitrogen and oxygen atoms in total. The van der Waals surface area contributed by atoms with Crippen molar-refractivity contribution in [1.29, 1.82) is 5.26 Å². The number of rotatable bonds is 2. The molecular formula is C14H12F3NO2. The molecule has 0 amide bonds. The fourth-order valence-corrected chi connectivity index (χ4v) is 2.95. The number of alkyl halides is 3. The topological polar surface area (TPSA) is 61.1 Å². The Bertz CT molecular complexity index is 598. The van der Waals surface area contributed by atoms with Crippen molar-refractivity contribution in [2.24, 2.45) is 10.8 Å². The fraction of sp³-hybridized carbons (Fsp3) is 0.429. The van der Waals surface area contributed by atoms with Crippen molar-refractivity contribution in [2.75, 3.05) is 0 Å². The average Bonchev–Trinajstić information content (AvgIpc) is 2.85. The Labute approximate surface area is 113 Å². The predicted octanol–water partition coefficient (Wildman–Crippen LogP) is 3.42. The highest BCUT2D eigenvalue weighted by molar-refractivity contribution is 5.86. The van der Waals surface area contributed by atoms with Crippen LogP contribution in [0.15, 0.2) is 24.3 Å². The summed E-state index contributed by atoms with van der Waals surface area (Å²) in [6.45, 7) is 3.26. The molecule has 2 atom stereocenters. The van der Waals surface area contributed by atoms with Crippen molar-refractivity contribution in [3.63, 3.8) is 0 Å². The van der Waals surface area contributed by atoms with Crippen molar-refractivity contribution in [2.45, 2.75) is 25.9 Å². The highest BCUT2D eigenvalue weighted by Gasteiger charge is 2.77. The minimum atomic E-state index is -4.43. The first-order valence-corrected chi connectivity index (χ1v) is 5.91. The summed E-state index contributed by atoms with van der Waals surface area (Å²) < 4.78 is 37.5. The number of hydrogen-bond acceptors (Lipinski definition) is 2. The van der Waals surface area contributed by atoms with Gasteiger partial charge in [-0.3, -0.25) is 4.79 Å². The van der Waals surface area contributed by atoms with Crippen molar-refractivity contribution in [3.8, 4) is 6.07 Å². The van der Waals surface area contributed by atoms with Crippen LogP contribution in [0.3, 0.4) is 0 Å². The first-order valence-electron chi connectivity index (χ1n) is 5.91. The Balaban J connectivity index is 2.40. The molecule has 2 rings (SSSR count). The van der Waals surface area contributed by atoms with Crippen LogP contribution in [0.1, 0.15) is 30.9 Å². The predicted molar refractivity (Wildman–Crippen MR) is 63.6 cm³/mol. The van der Waals surface area contributed by atoms with Gasteiger partial charge in [0.25, 0.3) is 0 Å². The Kier molecular flexibility index (Phi) is 2.86. The zero-order valence-corrected chi connectivity index (χ0v) is 10.8. The van der Waals surface area contributed by atoms with E-state index in [2.05, 4.69) is 0 Å². The van der Waals surface area contributed by atoms with Crippen molar-refractivity contribution >= 4 is 5.97 Å². The van der Waals surface area contributed by atoms with Gasteiger partial charge in [0.15, 0.2) is 5.41 Å². The smallest absolute Gasteiger partial charge is 0.416 e. The summed E-state index contributed by atoms with van der Waals surface area (Å²) in [5, 5.41) is 18.4. The van der Waals surface area contributed by atoms with Crippen LogP contribution in [0.5, 0.6) is 0 Å². The van der Waals surface area contributed by atoms with Crippen LogP contribution < -0.4 is 0 Å². The molecule has 0 bridgehead atoms. The molecule has 1 saturated carbocycles. The van der Waals surface area contributed by atoms with E-state index in [0.717, 1.165) is 12.1 Å². The van der Waals surface area contributed by atoms with E-state index < -0.39 is 34.5 Å². The number of hydrogen-bond donors (Lipinski definition) is 1. The Morgan fingerprint density at radius 2 is 1.80 bits per heavy atom. The highest BCUT2D eigenvalue weighted by Crippen LogP contribution is 2.73. The van der Waals surface area contributed by atoms with E-state index in [-0.39, 0.29) is 0 Å². The van der Waals surface area contributed by atoms with Gasteiger partial charge in [0.2, 0.25) is 0 Å². The monoisotopic (exact) mass is 283 g/mol. The molecule has 6 heteroatoms. The number of nitriles is 1. The van der Waals surface area contributed by atoms with Gasteiger partial charge < -0.3 is 5.11 Å². The molecule has 0 saturated heterocycles. The fourth-order valence-electron chi connectivity index (χ4n) is 2.95. The Morgan fingerprint density at radius 1 is 1.30 bits per heavy atom. The standard InChI is InChI=1S/C14H12F3NO2/c1-12(2)10(13(12,7-18)11(19)20)8-3-5-9(6-4-8)14(15,16)17/h3-6,10H,1-2H3,(H,19,20). The van der Waals surface area contributed by atoms with Crippen LogP contribution in [0.25, 0.3) is 0 Å². The molecule has 106 valence electrons. The molecule has 0 spiro atoms. The first-order chi connectivity index (χ1) is 9.09. The van der Waals surface area contributed by atoms with E-state index in [4.69, 9.17) is 5.26 Å². The molecule has 1 aliphatic rings. The maximum absolute atomic E-state index is 12.5. The molecule has 1 N–H and O–H groups in total. The lowest BCUT2D eigenvalue weighted by atomic mass is 9.98. The molecule has 2 unspecified atom stereocenters. The zero-order chi connectivity index (χ0) is 15.3. The summed E-state index contributed by atoms with van der Waals surface area (Å²) >= 11 is 0. The molecule has 1 aromatic rings. The van der Waals surface area contributed by atoms with Crippen LogP contribution in [-0.2, 0) is 11.0 Å². The summed E-state index contributed by atoms with van der Waals surface area (Å²) in [5.74, 6) is -1.85. The number of benzene rings is 1. The van der Waals surface area contributed by atoms with Gasteiger partial charge in [-0.2, -0.15) is 18.4 Å². The molecule has 1 aliphatic carbocycles. The maximum atomic E-state index is 12.5. The Hall–Kier alpha value is -2.03. The van der Waals surface area contributed by atoms with Crippen LogP contribution in [-0.4, -0.2) is 11.1 Å². The number of halogens is 3. The lowest BCUT2D eigenvalue weighted by molar-refractivity contribution is -0.142. The quantitative estimate of drug-likeness (QED) is 0.904. The van der Waals surface area contributed by atoms with E-state index in [9.17, 15) is 23.1 Å². The maximum Gasteiger partial charge on any atom is 0.416 e. The van der Waals surface area contributed by atoms with Crippen molar-refractivity contribution in [3.05, 3.63) is 35.4 Å². The van der Waals surface area contributed by atoms with E-state index in [1.54, 1.807) is 13.8 Å². The van der Waals surface area contributed by atoms with Crippen LogP contribution in [0, 0.1) is 22.2 Å². The van der Waals surface area contributed by atoms with Gasteiger partial charge in [-0.1, -0.05) is 26.0 Å². The highest BCUT2D eigenvalue weighted by atomic mass is 19.4. The average molecular weight is 283 g/mol. The number of nitrogens with zero attached hydrogens (tertiary/aromatic N) is 1. The van der Waals surface area contributed by atoms with Gasteiger partial charge in [0, 0.05) is 11.3 Å². The molecule has 20 heavy (non-hydrogen) atoms. The largest absolute Gasteiger partial charge is 0.480 e. The van der Waals surface area contributed by atoms with Crippen LogP contribution >= 0.6 is 0 Å². The zero-order valence-electron chi connectivity index (χ0n) is 10.8. The lowest BCUT2D eigenvalue weighted by Gasteiger charge is -2.08. The summed E-state index contributed by atoms with van der Waals surface area (Å²) in [5.41, 5.74) is -2.75. The number of aliphatic carboxylic acids is 1. The first kappa shape index (κ1) is 14.4. The minimum absolute atomic E-state index is 0.437. The van der Waals surface area contributed by atoms with E-state index in [1.807, 2.05) is 6.07 Å². The summed E-state index contributed by atoms with van der Waals surface area (Å²) in [6, 6.07) is 6.13. The lowest BCUT2D eigenvalue weighted by Crippen LogP contribution is -2.19. The third-order valence-electron chi connectivity index (χ3n) is 4.17. The van der Waals surface area contributed by atoms with Gasteiger partial charge in [-0.05, 0) is 17.7 Å². The second-order valence-corrected chi connectivity index (χ2v) is 5.50. The molecule has 0 radical (unpaired) electrons. The minimum Gasteiger partial charge on any atom is -0.480 e. The van der Waals surface area contributed by atoms with Gasteiger partial charge in [-0.25, -0.2) is 0 Å². The normalized spacial score (nSPS) is 27.7. The van der Waals surface area contributed by atoms with Crippen molar-refractivity contribution < 1.29 is 23.1 Å². The summed E-state index contributed by atoms with van der Waals surface area (Å²) in [6.07, 6.45) is -4.43. The molecule has 0 aromatic heterocycles. The van der Waals surface area contributed by atoms with Gasteiger partial charge in [0.05, 0.1) is 11.6 Å². The number of carbonyl (C=O) groups is 1. The van der Waals surface area contributed by atoms with Gasteiger partial charge in [0.1, 0.15) is 0 Å². The summed E-state index contributed by atoms with van der Waals surface area (Å²) in [4.78, 5) is 11.3. The third kappa shape index (κ3) is 1.69. The van der Waals surface area contributed by atoms with E-state index in [0.29, 0.717) is 5.56 Å². The second kappa shape index (κ2) is 3.98. The number of carboxylic acids is 1. The van der Waals surface area contributed by atoms with Gasteiger partial charge >= 0.3 is 12.1 Å². The molecule has 1 aromatic carbocycles. The Morgan fingerprint density at radius 3 is 2.10 bits per heavy atom. The van der Waals surface area contributed by atoms with Crippen LogP contribution in [0.2, 0.25) is 0 Å². The SMILES string of the molecule is CC1(C)C(c2ccc(C(F)(F)F)cc2)C1(C#N)C(=O)O. The van der Waals surface area contributed by atoms with Crippen LogP contribution in [0.4, 0.5) is 13.2 Å². The number of carboxylic acid groups (broad SMARTS) is 1. The molecule has 1 fully saturated rings. The molecular weight excluding hydrogens is 271 g/mol. The van der Waals surface area contributed by atoms with E-state index >= 15 is 0 Å².